The van der Waals surface area contributed by atoms with Gasteiger partial charge in [0, 0.05) is 38.3 Å². The highest BCUT2D eigenvalue weighted by Gasteiger charge is 2.42. The third kappa shape index (κ3) is 3.88. The number of sulfonamides is 1. The van der Waals surface area contributed by atoms with E-state index in [-0.39, 0.29) is 35.9 Å². The molecule has 1 saturated heterocycles. The molecule has 28 heavy (non-hydrogen) atoms. The second-order valence-electron chi connectivity index (χ2n) is 6.99. The number of nitro benzene ring substituents is 1. The molecule has 0 unspecified atom stereocenters. The van der Waals surface area contributed by atoms with Gasteiger partial charge in [-0.3, -0.25) is 19.8 Å². The van der Waals surface area contributed by atoms with Crippen molar-refractivity contribution in [3.8, 4) is 0 Å². The van der Waals surface area contributed by atoms with Gasteiger partial charge in [0.05, 0.1) is 24.1 Å². The minimum atomic E-state index is -4.00. The van der Waals surface area contributed by atoms with Crippen LogP contribution in [0.15, 0.2) is 29.2 Å². The smallest absolute Gasteiger partial charge is 0.308 e. The summed E-state index contributed by atoms with van der Waals surface area (Å²) in [6.07, 6.45) is 0.110. The number of hydrogen-bond donors (Lipinski definition) is 1. The number of aliphatic hydroxyl groups excluding tert-OH is 1. The zero-order valence-electron chi connectivity index (χ0n) is 15.4. The summed E-state index contributed by atoms with van der Waals surface area (Å²) in [4.78, 5) is 23.8. The van der Waals surface area contributed by atoms with Crippen LogP contribution in [0.4, 0.5) is 5.69 Å². The SMILES string of the molecule is COC(=O)[C@@H]1C[C@H](O)[C@@H](N2CCN(S(=O)(=O)c3ccccc3[N+](=O)[O-])CC2)C1. The molecule has 3 atom stereocenters. The van der Waals surface area contributed by atoms with Crippen LogP contribution in [0.2, 0.25) is 0 Å². The molecule has 0 spiro atoms. The summed E-state index contributed by atoms with van der Waals surface area (Å²) < 4.78 is 31.7. The molecule has 1 aliphatic carbocycles. The number of para-hydroxylation sites is 1. The maximum absolute atomic E-state index is 12.9. The van der Waals surface area contributed by atoms with Gasteiger partial charge in [-0.05, 0) is 18.9 Å². The van der Waals surface area contributed by atoms with E-state index >= 15 is 0 Å². The number of carbonyl (C=O) groups excluding carboxylic acids is 1. The molecule has 1 N–H and O–H groups in total. The van der Waals surface area contributed by atoms with Gasteiger partial charge in [0.1, 0.15) is 0 Å². The van der Waals surface area contributed by atoms with Crippen molar-refractivity contribution in [2.24, 2.45) is 5.92 Å². The lowest BCUT2D eigenvalue weighted by Crippen LogP contribution is -2.53. The molecule has 0 radical (unpaired) electrons. The summed E-state index contributed by atoms with van der Waals surface area (Å²) in [5.41, 5.74) is -0.447. The number of piperazine rings is 1. The number of rotatable bonds is 5. The van der Waals surface area contributed by atoms with E-state index in [4.69, 9.17) is 4.74 Å². The lowest BCUT2D eigenvalue weighted by atomic mass is 10.1. The molecular weight excluding hydrogens is 390 g/mol. The van der Waals surface area contributed by atoms with E-state index < -0.39 is 26.7 Å². The van der Waals surface area contributed by atoms with Crippen molar-refractivity contribution in [1.82, 2.24) is 9.21 Å². The third-order valence-corrected chi connectivity index (χ3v) is 7.40. The second kappa shape index (κ2) is 8.11. The van der Waals surface area contributed by atoms with Crippen molar-refractivity contribution in [1.29, 1.82) is 0 Å². The summed E-state index contributed by atoms with van der Waals surface area (Å²) in [6, 6.07) is 5.05. The average Bonchev–Trinajstić information content (AvgIpc) is 3.09. The normalized spacial score (nSPS) is 26.9. The Labute approximate surface area is 162 Å². The minimum Gasteiger partial charge on any atom is -0.469 e. The second-order valence-corrected chi connectivity index (χ2v) is 8.90. The number of benzene rings is 1. The van der Waals surface area contributed by atoms with Gasteiger partial charge in [-0.2, -0.15) is 4.31 Å². The van der Waals surface area contributed by atoms with Gasteiger partial charge in [-0.1, -0.05) is 12.1 Å². The minimum absolute atomic E-state index is 0.153. The molecule has 1 aromatic carbocycles. The highest BCUT2D eigenvalue weighted by molar-refractivity contribution is 7.89. The first-order valence-electron chi connectivity index (χ1n) is 8.99. The van der Waals surface area contributed by atoms with Crippen LogP contribution in [-0.4, -0.2) is 79.1 Å². The van der Waals surface area contributed by atoms with Crippen molar-refractivity contribution < 1.29 is 28.0 Å². The van der Waals surface area contributed by atoms with Gasteiger partial charge in [-0.25, -0.2) is 8.42 Å². The molecule has 2 fully saturated rings. The van der Waals surface area contributed by atoms with Crippen molar-refractivity contribution in [2.45, 2.75) is 29.9 Å². The number of nitro groups is 1. The maximum atomic E-state index is 12.9. The predicted molar refractivity (Wildman–Crippen MR) is 98.0 cm³/mol. The molecule has 1 saturated carbocycles. The standard InChI is InChI=1S/C17H23N3O7S/c1-27-17(22)12-10-14(15(21)11-12)18-6-8-19(9-7-18)28(25,26)16-5-3-2-4-13(16)20(23)24/h2-5,12,14-15,21H,6-11H2,1H3/t12-,14-,15-/m0/s1. The number of methoxy groups -OCH3 is 1. The van der Waals surface area contributed by atoms with Crippen LogP contribution < -0.4 is 0 Å². The molecule has 0 amide bonds. The van der Waals surface area contributed by atoms with Crippen LogP contribution >= 0.6 is 0 Å². The first-order chi connectivity index (χ1) is 13.3. The topological polar surface area (TPSA) is 130 Å². The highest BCUT2D eigenvalue weighted by atomic mass is 32.2. The maximum Gasteiger partial charge on any atom is 0.308 e. The fourth-order valence-electron chi connectivity index (χ4n) is 3.99. The summed E-state index contributed by atoms with van der Waals surface area (Å²) in [7, 11) is -2.68. The number of esters is 1. The Balaban J connectivity index is 1.69. The fraction of sp³-hybridized carbons (Fsp3) is 0.588. The summed E-state index contributed by atoms with van der Waals surface area (Å²) >= 11 is 0. The number of ether oxygens (including phenoxy) is 1. The molecular formula is C17H23N3O7S. The molecule has 1 aliphatic heterocycles. The Morgan fingerprint density at radius 1 is 1.21 bits per heavy atom. The van der Waals surface area contributed by atoms with Crippen LogP contribution in [0, 0.1) is 16.0 Å². The van der Waals surface area contributed by atoms with E-state index in [1.54, 1.807) is 0 Å². The lowest BCUT2D eigenvalue weighted by molar-refractivity contribution is -0.387. The summed E-state index contributed by atoms with van der Waals surface area (Å²) in [6.45, 7) is 1.05. The largest absolute Gasteiger partial charge is 0.469 e. The van der Waals surface area contributed by atoms with Gasteiger partial charge in [0.15, 0.2) is 4.90 Å². The van der Waals surface area contributed by atoms with Crippen molar-refractivity contribution in [2.75, 3.05) is 33.3 Å². The molecule has 10 nitrogen and oxygen atoms in total. The fourth-order valence-corrected chi connectivity index (χ4v) is 5.57. The monoisotopic (exact) mass is 413 g/mol. The van der Waals surface area contributed by atoms with Gasteiger partial charge >= 0.3 is 5.97 Å². The molecule has 154 valence electrons. The Kier molecular flexibility index (Phi) is 5.98. The average molecular weight is 413 g/mol. The van der Waals surface area contributed by atoms with E-state index in [1.807, 2.05) is 4.90 Å². The van der Waals surface area contributed by atoms with Gasteiger partial charge in [-0.15, -0.1) is 0 Å². The van der Waals surface area contributed by atoms with Crippen LogP contribution in [0.25, 0.3) is 0 Å². The van der Waals surface area contributed by atoms with E-state index in [1.165, 1.54) is 35.7 Å². The number of nitrogens with zero attached hydrogens (tertiary/aromatic N) is 3. The number of hydrogen-bond acceptors (Lipinski definition) is 8. The van der Waals surface area contributed by atoms with E-state index in [9.17, 15) is 28.4 Å². The van der Waals surface area contributed by atoms with Crippen molar-refractivity contribution in [3.63, 3.8) is 0 Å². The molecule has 0 bridgehead atoms. The lowest BCUT2D eigenvalue weighted by Gasteiger charge is -2.38. The number of carbonyl (C=O) groups is 1. The van der Waals surface area contributed by atoms with E-state index in [0.29, 0.717) is 25.9 Å². The van der Waals surface area contributed by atoms with E-state index in [0.717, 1.165) is 0 Å². The predicted octanol–water partition coefficient (Wildman–Crippen LogP) is 0.214. The molecule has 11 heteroatoms. The Bertz CT molecular complexity index is 852. The highest BCUT2D eigenvalue weighted by Crippen LogP contribution is 2.32. The first kappa shape index (κ1) is 20.6. The molecule has 1 aromatic rings. The zero-order chi connectivity index (χ0) is 20.5. The van der Waals surface area contributed by atoms with Gasteiger partial charge in [0.25, 0.3) is 5.69 Å². The number of aliphatic hydroxyl groups is 1. The quantitative estimate of drug-likeness (QED) is 0.412. The van der Waals surface area contributed by atoms with Crippen LogP contribution in [0.1, 0.15) is 12.8 Å². The molecule has 0 aromatic heterocycles. The summed E-state index contributed by atoms with van der Waals surface area (Å²) in [5.74, 6) is -0.710. The Hall–Kier alpha value is -2.08. The molecule has 1 heterocycles. The molecule has 3 rings (SSSR count). The third-order valence-electron chi connectivity index (χ3n) is 5.45. The van der Waals surface area contributed by atoms with Gasteiger partial charge in [0.2, 0.25) is 10.0 Å². The van der Waals surface area contributed by atoms with Crippen LogP contribution in [-0.2, 0) is 19.6 Å². The zero-order valence-corrected chi connectivity index (χ0v) is 16.2. The van der Waals surface area contributed by atoms with Crippen molar-refractivity contribution >= 4 is 21.7 Å². The van der Waals surface area contributed by atoms with E-state index in [2.05, 4.69) is 0 Å². The first-order valence-corrected chi connectivity index (χ1v) is 10.4. The summed E-state index contributed by atoms with van der Waals surface area (Å²) in [5, 5.41) is 21.5. The van der Waals surface area contributed by atoms with Gasteiger partial charge < -0.3 is 9.84 Å². The van der Waals surface area contributed by atoms with Crippen LogP contribution in [0.3, 0.4) is 0 Å². The molecule has 2 aliphatic rings. The van der Waals surface area contributed by atoms with Crippen molar-refractivity contribution in [3.05, 3.63) is 34.4 Å². The van der Waals surface area contributed by atoms with Crippen LogP contribution in [0.5, 0.6) is 0 Å². The Morgan fingerprint density at radius 3 is 2.46 bits per heavy atom. The Morgan fingerprint density at radius 2 is 1.86 bits per heavy atom.